The van der Waals surface area contributed by atoms with Crippen LogP contribution in [0.5, 0.6) is 0 Å². The number of hydrogen-bond acceptors (Lipinski definition) is 6. The maximum Gasteiger partial charge on any atom is 0.254 e. The van der Waals surface area contributed by atoms with Gasteiger partial charge < -0.3 is 15.1 Å². The summed E-state index contributed by atoms with van der Waals surface area (Å²) in [6.45, 7) is 13.2. The predicted molar refractivity (Wildman–Crippen MR) is 161 cm³/mol. The van der Waals surface area contributed by atoms with Crippen LogP contribution in [0, 0.1) is 11.3 Å². The van der Waals surface area contributed by atoms with Crippen LogP contribution in [0.15, 0.2) is 28.9 Å². The average molecular weight is 585 g/mol. The fraction of sp³-hybridized carbons (Fsp3) is 0.548. The summed E-state index contributed by atoms with van der Waals surface area (Å²) < 4.78 is 29.7. The van der Waals surface area contributed by atoms with E-state index in [0.717, 1.165) is 51.8 Å². The SMILES string of the molecule is CC(C)(C)c1ccc2occ(CC(=O)Nc3sc4c(c3C(=O)NC3CCS(=O)(=O)C3)CCC(C(C)(C)C)C4)c2c1. The van der Waals surface area contributed by atoms with Crippen molar-refractivity contribution in [1.29, 1.82) is 0 Å². The van der Waals surface area contributed by atoms with E-state index in [1.165, 1.54) is 11.3 Å². The van der Waals surface area contributed by atoms with E-state index in [1.807, 2.05) is 6.07 Å². The van der Waals surface area contributed by atoms with E-state index in [9.17, 15) is 18.0 Å². The zero-order valence-corrected chi connectivity index (χ0v) is 25.9. The lowest BCUT2D eigenvalue weighted by Crippen LogP contribution is -2.36. The molecule has 2 unspecified atom stereocenters. The van der Waals surface area contributed by atoms with Gasteiger partial charge in [-0.3, -0.25) is 9.59 Å². The lowest BCUT2D eigenvalue weighted by molar-refractivity contribution is -0.115. The molecular weight excluding hydrogens is 544 g/mol. The summed E-state index contributed by atoms with van der Waals surface area (Å²) in [4.78, 5) is 28.1. The maximum atomic E-state index is 13.6. The molecule has 0 saturated carbocycles. The van der Waals surface area contributed by atoms with Crippen LogP contribution in [0.4, 0.5) is 5.00 Å². The van der Waals surface area contributed by atoms with Crippen LogP contribution in [0.1, 0.15) is 86.3 Å². The molecule has 9 heteroatoms. The van der Waals surface area contributed by atoms with Gasteiger partial charge in [-0.1, -0.05) is 47.6 Å². The molecule has 2 aliphatic rings. The zero-order chi connectivity index (χ0) is 29.0. The molecule has 1 saturated heterocycles. The highest BCUT2D eigenvalue weighted by Crippen LogP contribution is 2.44. The number of benzene rings is 1. The summed E-state index contributed by atoms with van der Waals surface area (Å²) in [6, 6.07) is 5.68. The highest BCUT2D eigenvalue weighted by Gasteiger charge is 2.36. The van der Waals surface area contributed by atoms with Gasteiger partial charge in [-0.25, -0.2) is 8.42 Å². The fourth-order valence-electron chi connectivity index (χ4n) is 5.85. The van der Waals surface area contributed by atoms with Gasteiger partial charge in [0.05, 0.1) is 29.8 Å². The quantitative estimate of drug-likeness (QED) is 0.380. The van der Waals surface area contributed by atoms with Gasteiger partial charge in [0.1, 0.15) is 10.6 Å². The van der Waals surface area contributed by atoms with Crippen molar-refractivity contribution in [3.8, 4) is 0 Å². The van der Waals surface area contributed by atoms with Gasteiger partial charge in [0, 0.05) is 21.9 Å². The normalized spacial score (nSPS) is 20.9. The lowest BCUT2D eigenvalue weighted by Gasteiger charge is -2.33. The van der Waals surface area contributed by atoms with Crippen molar-refractivity contribution >= 4 is 49.0 Å². The number of rotatable bonds is 5. The van der Waals surface area contributed by atoms with Gasteiger partial charge in [-0.05, 0) is 65.7 Å². The summed E-state index contributed by atoms with van der Waals surface area (Å²) in [5.74, 6) is 0.0159. The van der Waals surface area contributed by atoms with E-state index in [-0.39, 0.29) is 40.6 Å². The van der Waals surface area contributed by atoms with E-state index in [0.29, 0.717) is 22.9 Å². The summed E-state index contributed by atoms with van der Waals surface area (Å²) in [5.41, 5.74) is 4.29. The van der Waals surface area contributed by atoms with Crippen LogP contribution < -0.4 is 10.6 Å². The minimum Gasteiger partial charge on any atom is -0.464 e. The Kier molecular flexibility index (Phi) is 7.45. The Bertz CT molecular complexity index is 1570. The summed E-state index contributed by atoms with van der Waals surface area (Å²) >= 11 is 1.48. The fourth-order valence-corrected chi connectivity index (χ4v) is 8.86. The standard InChI is InChI=1S/C31H40N2O5S2/c1-30(2,3)19-8-10-24-23(14-19)18(16-38-24)13-26(34)33-29-27(28(35)32-21-11-12-40(36,37)17-21)22-9-7-20(31(4,5)6)15-25(22)39-29/h8,10,14,16,20-21H,7,9,11-13,15,17H2,1-6H3,(H,32,35)(H,33,34). The van der Waals surface area contributed by atoms with E-state index in [1.54, 1.807) is 6.26 Å². The summed E-state index contributed by atoms with van der Waals surface area (Å²) in [6.07, 6.45) is 4.76. The van der Waals surface area contributed by atoms with Gasteiger partial charge in [0.15, 0.2) is 9.84 Å². The lowest BCUT2D eigenvalue weighted by atomic mass is 9.72. The topological polar surface area (TPSA) is 105 Å². The van der Waals surface area contributed by atoms with Crippen LogP contribution in [0.3, 0.4) is 0 Å². The van der Waals surface area contributed by atoms with Gasteiger partial charge in [0.25, 0.3) is 5.91 Å². The third kappa shape index (κ3) is 6.00. The Labute approximate surface area is 241 Å². The molecule has 1 aromatic carbocycles. The van der Waals surface area contributed by atoms with E-state index < -0.39 is 15.9 Å². The number of carbonyl (C=O) groups is 2. The van der Waals surface area contributed by atoms with Gasteiger partial charge in [-0.15, -0.1) is 11.3 Å². The Morgan fingerprint density at radius 1 is 1.10 bits per heavy atom. The van der Waals surface area contributed by atoms with Gasteiger partial charge in [0.2, 0.25) is 5.91 Å². The Morgan fingerprint density at radius 2 is 1.85 bits per heavy atom. The monoisotopic (exact) mass is 584 g/mol. The molecule has 1 aliphatic carbocycles. The van der Waals surface area contributed by atoms with Crippen molar-refractivity contribution in [2.24, 2.45) is 11.3 Å². The molecule has 7 nitrogen and oxygen atoms in total. The first-order valence-corrected chi connectivity index (χ1v) is 16.7. The molecule has 40 heavy (non-hydrogen) atoms. The van der Waals surface area contributed by atoms with Crippen molar-refractivity contribution in [3.63, 3.8) is 0 Å². The first-order chi connectivity index (χ1) is 18.6. The Balaban J connectivity index is 1.42. The van der Waals surface area contributed by atoms with Crippen LogP contribution in [0.25, 0.3) is 11.0 Å². The second kappa shape index (κ2) is 10.3. The minimum atomic E-state index is -3.13. The van der Waals surface area contributed by atoms with E-state index >= 15 is 0 Å². The second-order valence-electron chi connectivity index (χ2n) is 13.5. The molecular formula is C31H40N2O5S2. The van der Waals surface area contributed by atoms with Crippen molar-refractivity contribution in [2.75, 3.05) is 16.8 Å². The highest BCUT2D eigenvalue weighted by atomic mass is 32.2. The molecule has 2 aromatic heterocycles. The number of fused-ring (bicyclic) bond motifs is 2. The molecule has 5 rings (SSSR count). The molecule has 3 heterocycles. The first kappa shape index (κ1) is 28.9. The van der Waals surface area contributed by atoms with E-state index in [4.69, 9.17) is 4.42 Å². The smallest absolute Gasteiger partial charge is 0.254 e. The molecule has 216 valence electrons. The number of nitrogens with one attached hydrogen (secondary N) is 2. The number of amides is 2. The summed E-state index contributed by atoms with van der Waals surface area (Å²) in [5, 5.41) is 7.47. The third-order valence-corrected chi connectivity index (χ3v) is 11.3. The molecule has 1 aliphatic heterocycles. The molecule has 0 bridgehead atoms. The average Bonchev–Trinajstić information content (AvgIpc) is 3.51. The van der Waals surface area contributed by atoms with Gasteiger partial charge in [-0.2, -0.15) is 0 Å². The van der Waals surface area contributed by atoms with Crippen LogP contribution in [-0.4, -0.2) is 37.8 Å². The number of hydrogen-bond donors (Lipinski definition) is 2. The largest absolute Gasteiger partial charge is 0.464 e. The van der Waals surface area contributed by atoms with Gasteiger partial charge >= 0.3 is 0 Å². The van der Waals surface area contributed by atoms with Crippen molar-refractivity contribution in [2.45, 2.75) is 85.1 Å². The number of carbonyl (C=O) groups excluding carboxylic acids is 2. The van der Waals surface area contributed by atoms with Crippen molar-refractivity contribution in [1.82, 2.24) is 5.32 Å². The Morgan fingerprint density at radius 3 is 2.50 bits per heavy atom. The van der Waals surface area contributed by atoms with Crippen LogP contribution in [0.2, 0.25) is 0 Å². The molecule has 2 N–H and O–H groups in total. The molecule has 0 spiro atoms. The molecule has 3 aromatic rings. The first-order valence-electron chi connectivity index (χ1n) is 14.1. The number of furan rings is 1. The molecule has 2 amide bonds. The predicted octanol–water partition coefficient (Wildman–Crippen LogP) is 6.04. The number of thiophene rings is 1. The number of anilines is 1. The summed E-state index contributed by atoms with van der Waals surface area (Å²) in [7, 11) is -3.13. The Hall–Kier alpha value is -2.65. The van der Waals surface area contributed by atoms with Crippen molar-refractivity contribution in [3.05, 3.63) is 51.6 Å². The molecule has 0 radical (unpaired) electrons. The van der Waals surface area contributed by atoms with Crippen molar-refractivity contribution < 1.29 is 22.4 Å². The molecule has 1 fully saturated rings. The van der Waals surface area contributed by atoms with Crippen LogP contribution >= 0.6 is 11.3 Å². The molecule has 2 atom stereocenters. The third-order valence-electron chi connectivity index (χ3n) is 8.41. The highest BCUT2D eigenvalue weighted by molar-refractivity contribution is 7.91. The van der Waals surface area contributed by atoms with E-state index in [2.05, 4.69) is 64.3 Å². The maximum absolute atomic E-state index is 13.6. The number of sulfone groups is 1. The minimum absolute atomic E-state index is 0.0349. The second-order valence-corrected chi connectivity index (χ2v) is 16.9. The van der Waals surface area contributed by atoms with Crippen LogP contribution in [-0.2, 0) is 39.3 Å². The zero-order valence-electron chi connectivity index (χ0n) is 24.3.